The molecule has 0 aromatic rings. The van der Waals surface area contributed by atoms with Crippen LogP contribution in [0.15, 0.2) is 11.6 Å². The van der Waals surface area contributed by atoms with E-state index in [4.69, 9.17) is 0 Å². The van der Waals surface area contributed by atoms with Crippen molar-refractivity contribution < 1.29 is 0 Å². The second-order valence-electron chi connectivity index (χ2n) is 8.03. The molecule has 5 atom stereocenters. The molecule has 0 spiro atoms. The lowest BCUT2D eigenvalue weighted by Crippen LogP contribution is -2.41. The van der Waals surface area contributed by atoms with Crippen LogP contribution < -0.4 is 0 Å². The van der Waals surface area contributed by atoms with Gasteiger partial charge in [-0.1, -0.05) is 25.0 Å². The van der Waals surface area contributed by atoms with Crippen LogP contribution in [-0.2, 0) is 0 Å². The molecule has 0 radical (unpaired) electrons. The molecule has 3 unspecified atom stereocenters. The highest BCUT2D eigenvalue weighted by Crippen LogP contribution is 2.79. The fraction of sp³-hybridized carbons (Fsp3) is 0.889. The van der Waals surface area contributed by atoms with E-state index < -0.39 is 0 Å². The van der Waals surface area contributed by atoms with Crippen molar-refractivity contribution in [2.45, 2.75) is 58.3 Å². The Morgan fingerprint density at radius 2 is 2.06 bits per heavy atom. The van der Waals surface area contributed by atoms with Gasteiger partial charge in [0.2, 0.25) is 0 Å². The maximum Gasteiger partial charge on any atom is -0.0140 e. The molecule has 0 N–H and O–H groups in total. The lowest BCUT2D eigenvalue weighted by atomic mass is 9.55. The number of hydrogen-bond donors (Lipinski definition) is 0. The minimum atomic E-state index is 0.859. The fourth-order valence-corrected chi connectivity index (χ4v) is 6.10. The average molecular weight is 242 g/mol. The molecular formula is C18H26. The van der Waals surface area contributed by atoms with Crippen molar-refractivity contribution in [2.24, 2.45) is 40.9 Å². The van der Waals surface area contributed by atoms with E-state index in [0.717, 1.165) is 40.9 Å². The Hall–Kier alpha value is -0.260. The van der Waals surface area contributed by atoms with E-state index in [1.165, 1.54) is 12.8 Å². The molecule has 5 rings (SSSR count). The van der Waals surface area contributed by atoms with E-state index in [-0.39, 0.29) is 0 Å². The molecule has 5 aliphatic rings. The molecule has 98 valence electrons. The Bertz CT molecular complexity index is 412. The van der Waals surface area contributed by atoms with E-state index in [1.54, 1.807) is 38.5 Å². The first kappa shape index (κ1) is 10.5. The molecule has 4 saturated carbocycles. The Morgan fingerprint density at radius 1 is 1.22 bits per heavy atom. The van der Waals surface area contributed by atoms with Crippen LogP contribution >= 0.6 is 0 Å². The molecule has 18 heavy (non-hydrogen) atoms. The smallest absolute Gasteiger partial charge is 0.0140 e. The van der Waals surface area contributed by atoms with E-state index >= 15 is 0 Å². The minimum absolute atomic E-state index is 0.859. The van der Waals surface area contributed by atoms with Gasteiger partial charge in [0.15, 0.2) is 0 Å². The molecule has 0 nitrogen and oxygen atoms in total. The van der Waals surface area contributed by atoms with Gasteiger partial charge in [-0.2, -0.15) is 0 Å². The van der Waals surface area contributed by atoms with Gasteiger partial charge < -0.3 is 0 Å². The third kappa shape index (κ3) is 1.10. The van der Waals surface area contributed by atoms with Crippen molar-refractivity contribution >= 4 is 0 Å². The average Bonchev–Trinajstić information content (AvgIpc) is 3.07. The molecule has 4 fully saturated rings. The van der Waals surface area contributed by atoms with Crippen LogP contribution in [0, 0.1) is 40.9 Å². The van der Waals surface area contributed by atoms with Crippen molar-refractivity contribution in [1.29, 1.82) is 0 Å². The Balaban J connectivity index is 1.52. The van der Waals surface area contributed by atoms with Gasteiger partial charge in [0.05, 0.1) is 0 Å². The monoisotopic (exact) mass is 242 g/mol. The van der Waals surface area contributed by atoms with Crippen LogP contribution in [0.3, 0.4) is 0 Å². The maximum absolute atomic E-state index is 2.86. The molecule has 0 bridgehead atoms. The lowest BCUT2D eigenvalue weighted by Gasteiger charge is -2.49. The van der Waals surface area contributed by atoms with Gasteiger partial charge >= 0.3 is 0 Å². The summed E-state index contributed by atoms with van der Waals surface area (Å²) in [4.78, 5) is 0. The van der Waals surface area contributed by atoms with E-state index in [1.807, 2.05) is 5.57 Å². The van der Waals surface area contributed by atoms with Gasteiger partial charge in [0.25, 0.3) is 0 Å². The van der Waals surface area contributed by atoms with Gasteiger partial charge in [-0.15, -0.1) is 0 Å². The zero-order valence-electron chi connectivity index (χ0n) is 11.7. The molecule has 0 aliphatic heterocycles. The third-order valence-electron chi connectivity index (χ3n) is 7.51. The van der Waals surface area contributed by atoms with Crippen molar-refractivity contribution in [3.05, 3.63) is 11.6 Å². The van der Waals surface area contributed by atoms with E-state index in [0.29, 0.717) is 0 Å². The predicted molar refractivity (Wildman–Crippen MR) is 74.1 cm³/mol. The van der Waals surface area contributed by atoms with Gasteiger partial charge in [0, 0.05) is 0 Å². The SMILES string of the molecule is CCC1C[C@H]2C1=CC(C1CCC1)[C@@]1(C3CC3)CC21. The van der Waals surface area contributed by atoms with Crippen molar-refractivity contribution in [1.82, 2.24) is 0 Å². The molecule has 5 aliphatic carbocycles. The summed E-state index contributed by atoms with van der Waals surface area (Å²) < 4.78 is 0. The summed E-state index contributed by atoms with van der Waals surface area (Å²) in [5, 5.41) is 0. The minimum Gasteiger partial charge on any atom is -0.0808 e. The van der Waals surface area contributed by atoms with Crippen LogP contribution in [0.1, 0.15) is 58.3 Å². The topological polar surface area (TPSA) is 0 Å². The van der Waals surface area contributed by atoms with E-state index in [9.17, 15) is 0 Å². The van der Waals surface area contributed by atoms with Crippen molar-refractivity contribution in [2.75, 3.05) is 0 Å². The van der Waals surface area contributed by atoms with Crippen LogP contribution in [0.5, 0.6) is 0 Å². The highest BCUT2D eigenvalue weighted by molar-refractivity contribution is 5.36. The summed E-state index contributed by atoms with van der Waals surface area (Å²) >= 11 is 0. The highest BCUT2D eigenvalue weighted by atomic mass is 14.8. The zero-order valence-corrected chi connectivity index (χ0v) is 11.7. The molecule has 0 aromatic heterocycles. The largest absolute Gasteiger partial charge is 0.0808 e. The van der Waals surface area contributed by atoms with Gasteiger partial charge in [0.1, 0.15) is 0 Å². The van der Waals surface area contributed by atoms with Gasteiger partial charge in [-0.3, -0.25) is 0 Å². The summed E-state index contributed by atoms with van der Waals surface area (Å²) in [6, 6.07) is 0. The summed E-state index contributed by atoms with van der Waals surface area (Å²) in [6.07, 6.45) is 15.2. The van der Waals surface area contributed by atoms with Crippen LogP contribution in [0.4, 0.5) is 0 Å². The second-order valence-corrected chi connectivity index (χ2v) is 8.03. The normalized spacial score (nSPS) is 53.7. The lowest BCUT2D eigenvalue weighted by molar-refractivity contribution is 0.0970. The van der Waals surface area contributed by atoms with Gasteiger partial charge in [-0.25, -0.2) is 0 Å². The summed E-state index contributed by atoms with van der Waals surface area (Å²) in [7, 11) is 0. The summed E-state index contributed by atoms with van der Waals surface area (Å²) in [5.41, 5.74) is 2.80. The first-order valence-corrected chi connectivity index (χ1v) is 8.56. The van der Waals surface area contributed by atoms with Crippen molar-refractivity contribution in [3.63, 3.8) is 0 Å². The summed E-state index contributed by atoms with van der Waals surface area (Å²) in [5.74, 6) is 6.50. The van der Waals surface area contributed by atoms with Crippen LogP contribution in [0.2, 0.25) is 0 Å². The second kappa shape index (κ2) is 3.25. The highest BCUT2D eigenvalue weighted by Gasteiger charge is 2.71. The number of hydrogen-bond acceptors (Lipinski definition) is 0. The fourth-order valence-electron chi connectivity index (χ4n) is 6.10. The Morgan fingerprint density at radius 3 is 2.67 bits per heavy atom. The molecule has 0 aromatic carbocycles. The first-order valence-electron chi connectivity index (χ1n) is 8.56. The summed E-state index contributed by atoms with van der Waals surface area (Å²) in [6.45, 7) is 2.40. The molecule has 0 heterocycles. The number of rotatable bonds is 3. The number of fused-ring (bicyclic) bond motifs is 3. The first-order chi connectivity index (χ1) is 8.84. The predicted octanol–water partition coefficient (Wildman–Crippen LogP) is 4.81. The maximum atomic E-state index is 2.86. The molecule has 0 amide bonds. The molecule has 0 heteroatoms. The Labute approximate surface area is 111 Å². The van der Waals surface area contributed by atoms with Crippen LogP contribution in [-0.4, -0.2) is 0 Å². The molecular weight excluding hydrogens is 216 g/mol. The number of allylic oxidation sites excluding steroid dienone is 2. The van der Waals surface area contributed by atoms with Crippen molar-refractivity contribution in [3.8, 4) is 0 Å². The standard InChI is InChI=1S/C18H26/c1-2-11-8-15-14(11)9-16(12-4-3-5-12)18(10-17(15)18)13-6-7-13/h9,11-13,15-17H,2-8,10H2,1H3/t11?,15-,16?,17?,18-/m0/s1. The van der Waals surface area contributed by atoms with E-state index in [2.05, 4.69) is 13.0 Å². The quantitative estimate of drug-likeness (QED) is 0.623. The molecule has 0 saturated heterocycles. The third-order valence-corrected chi connectivity index (χ3v) is 7.51. The van der Waals surface area contributed by atoms with Gasteiger partial charge in [-0.05, 0) is 85.9 Å². The Kier molecular flexibility index (Phi) is 1.90. The zero-order chi connectivity index (χ0) is 11.9. The van der Waals surface area contributed by atoms with Crippen LogP contribution in [0.25, 0.3) is 0 Å².